The summed E-state index contributed by atoms with van der Waals surface area (Å²) in [4.78, 5) is 48.6. The van der Waals surface area contributed by atoms with Crippen LogP contribution in [0.4, 0.5) is 26.3 Å². The van der Waals surface area contributed by atoms with Crippen molar-refractivity contribution >= 4 is 23.8 Å². The number of aliphatic carboxylic acids is 2. The first-order valence-corrected chi connectivity index (χ1v) is 11.6. The third-order valence-electron chi connectivity index (χ3n) is 5.81. The van der Waals surface area contributed by atoms with Crippen LogP contribution in [0, 0.1) is 17.5 Å². The summed E-state index contributed by atoms with van der Waals surface area (Å²) in [5.74, 6) is -10.1. The Morgan fingerprint density at radius 3 is 2.05 bits per heavy atom. The van der Waals surface area contributed by atoms with Crippen LogP contribution in [0.5, 0.6) is 0 Å². The molecule has 3 atom stereocenters. The molecule has 0 fully saturated rings. The maximum atomic E-state index is 13.8. The maximum absolute atomic E-state index is 13.8. The Morgan fingerprint density at radius 2 is 1.55 bits per heavy atom. The molecule has 0 saturated carbocycles. The van der Waals surface area contributed by atoms with E-state index in [4.69, 9.17) is 26.2 Å². The van der Waals surface area contributed by atoms with Gasteiger partial charge in [-0.3, -0.25) is 4.79 Å². The van der Waals surface area contributed by atoms with Crippen LogP contribution < -0.4 is 5.73 Å². The van der Waals surface area contributed by atoms with Crippen LogP contribution in [0.3, 0.4) is 0 Å². The predicted molar refractivity (Wildman–Crippen MR) is 124 cm³/mol. The van der Waals surface area contributed by atoms with E-state index in [1.807, 2.05) is 0 Å². The van der Waals surface area contributed by atoms with E-state index in [0.29, 0.717) is 12.1 Å². The molecular formula is C23H24F6N4O9. The normalized spacial score (nSPS) is 15.0. The highest BCUT2D eigenvalue weighted by Gasteiger charge is 2.42. The van der Waals surface area contributed by atoms with Crippen molar-refractivity contribution < 1.29 is 70.7 Å². The van der Waals surface area contributed by atoms with Crippen LogP contribution in [0.2, 0.25) is 0 Å². The number of carbonyl (C=O) groups is 4. The second-order valence-corrected chi connectivity index (χ2v) is 8.78. The molecule has 0 spiro atoms. The van der Waals surface area contributed by atoms with E-state index in [1.54, 1.807) is 0 Å². The van der Waals surface area contributed by atoms with Gasteiger partial charge in [0.15, 0.2) is 29.5 Å². The van der Waals surface area contributed by atoms with Gasteiger partial charge in [0.2, 0.25) is 11.7 Å². The summed E-state index contributed by atoms with van der Waals surface area (Å²) in [5, 5.41) is 32.5. The molecular weight excluding hydrogens is 590 g/mol. The number of benzene rings is 1. The third-order valence-corrected chi connectivity index (χ3v) is 5.81. The molecule has 0 radical (unpaired) electrons. The predicted octanol–water partition coefficient (Wildman–Crippen LogP) is 0.286. The van der Waals surface area contributed by atoms with E-state index in [1.165, 1.54) is 4.90 Å². The number of rotatable bonds is 8. The van der Waals surface area contributed by atoms with E-state index >= 15 is 0 Å². The molecule has 1 aromatic carbocycles. The van der Waals surface area contributed by atoms with E-state index in [2.05, 4.69) is 9.72 Å². The number of aliphatic hydroxyl groups is 2. The summed E-state index contributed by atoms with van der Waals surface area (Å²) >= 11 is 0. The van der Waals surface area contributed by atoms with Gasteiger partial charge in [0.1, 0.15) is 5.82 Å². The van der Waals surface area contributed by atoms with Crippen LogP contribution in [0.15, 0.2) is 12.1 Å². The summed E-state index contributed by atoms with van der Waals surface area (Å²) in [5.41, 5.74) is 4.95. The summed E-state index contributed by atoms with van der Waals surface area (Å²) in [6.07, 6.45) is -9.96. The Morgan fingerprint density at radius 1 is 1.00 bits per heavy atom. The first-order chi connectivity index (χ1) is 19.4. The van der Waals surface area contributed by atoms with Crippen molar-refractivity contribution in [3.05, 3.63) is 52.4 Å². The number of aromatic nitrogens is 2. The van der Waals surface area contributed by atoms with Gasteiger partial charge in [-0.25, -0.2) is 32.5 Å². The number of aliphatic hydroxyl groups excluding tert-OH is 2. The third kappa shape index (κ3) is 8.17. The highest BCUT2D eigenvalue weighted by atomic mass is 19.4. The number of carboxylic acids is 2. The fourth-order valence-electron chi connectivity index (χ4n) is 3.76. The molecule has 2 aromatic rings. The molecule has 19 heteroatoms. The standard InChI is InChI=1S/C19H18F6N4O3.C4H6O6/c1-32-17(31)16-14-8-28(2-3-29(14)18(27-16)19(23,24)25)15(30)6-10(26)4-9-5-12(21)13(22)7-11(9)20;5-1(3(7)8)2(6)4(9)10/h5,7,10H,2-4,6,8,26H2,1H3;1-2,5-6H,(H,7,8)(H,9,10)/t10-;/m1./s1. The second-order valence-electron chi connectivity index (χ2n) is 8.78. The molecule has 42 heavy (non-hydrogen) atoms. The topological polar surface area (TPSA) is 206 Å². The number of hydrogen-bond acceptors (Lipinski definition) is 9. The number of carbonyl (C=O) groups excluding carboxylic acids is 2. The summed E-state index contributed by atoms with van der Waals surface area (Å²) in [6.45, 7) is -0.732. The summed E-state index contributed by atoms with van der Waals surface area (Å²) < 4.78 is 85.3. The van der Waals surface area contributed by atoms with Crippen molar-refractivity contribution in [1.82, 2.24) is 14.5 Å². The van der Waals surface area contributed by atoms with Gasteiger partial charge in [-0.2, -0.15) is 13.2 Å². The lowest BCUT2D eigenvalue weighted by atomic mass is 10.0. The van der Waals surface area contributed by atoms with E-state index in [0.717, 1.165) is 11.7 Å². The fraction of sp³-hybridized carbons (Fsp3) is 0.435. The molecule has 2 heterocycles. The molecule has 6 N–H and O–H groups in total. The number of methoxy groups -OCH3 is 1. The van der Waals surface area contributed by atoms with Gasteiger partial charge in [0.05, 0.1) is 19.3 Å². The molecule has 2 unspecified atom stereocenters. The van der Waals surface area contributed by atoms with Gasteiger partial charge < -0.3 is 40.4 Å². The first-order valence-electron chi connectivity index (χ1n) is 11.6. The molecule has 0 aliphatic carbocycles. The van der Waals surface area contributed by atoms with Crippen molar-refractivity contribution in [2.24, 2.45) is 5.73 Å². The number of nitrogens with zero attached hydrogens (tertiary/aromatic N) is 3. The molecule has 3 rings (SSSR count). The van der Waals surface area contributed by atoms with Gasteiger partial charge in [-0.05, 0) is 18.1 Å². The number of nitrogens with two attached hydrogens (primary N) is 1. The number of carboxylic acid groups (broad SMARTS) is 2. The van der Waals surface area contributed by atoms with Crippen LogP contribution in [0.1, 0.15) is 34.0 Å². The first kappa shape index (κ1) is 34.0. The SMILES string of the molecule is COC(=O)c1nc(C(F)(F)F)n2c1CN(C(=O)C[C@H](N)Cc1cc(F)c(F)cc1F)CC2.O=C(O)C(O)C(O)C(=O)O. The zero-order valence-electron chi connectivity index (χ0n) is 21.4. The van der Waals surface area contributed by atoms with Crippen molar-refractivity contribution in [1.29, 1.82) is 0 Å². The molecule has 0 saturated heterocycles. The molecule has 1 amide bonds. The minimum Gasteiger partial charge on any atom is -0.479 e. The Hall–Kier alpha value is -4.23. The number of hydrogen-bond donors (Lipinski definition) is 5. The number of fused-ring (bicyclic) bond motifs is 1. The van der Waals surface area contributed by atoms with Crippen LogP contribution >= 0.6 is 0 Å². The molecule has 232 valence electrons. The maximum Gasteiger partial charge on any atom is 0.449 e. The Kier molecular flexibility index (Phi) is 11.0. The highest BCUT2D eigenvalue weighted by Crippen LogP contribution is 2.32. The average Bonchev–Trinajstić information content (AvgIpc) is 3.30. The number of esters is 1. The van der Waals surface area contributed by atoms with Crippen LogP contribution in [0.25, 0.3) is 0 Å². The van der Waals surface area contributed by atoms with Crippen LogP contribution in [-0.2, 0) is 44.8 Å². The van der Waals surface area contributed by atoms with Gasteiger partial charge in [-0.1, -0.05) is 0 Å². The zero-order valence-corrected chi connectivity index (χ0v) is 21.4. The Balaban J connectivity index is 0.000000528. The minimum absolute atomic E-state index is 0.113. The number of ether oxygens (including phenoxy) is 1. The molecule has 0 bridgehead atoms. The van der Waals surface area contributed by atoms with E-state index in [9.17, 15) is 45.5 Å². The van der Waals surface area contributed by atoms with Crippen LogP contribution in [-0.4, -0.2) is 90.6 Å². The monoisotopic (exact) mass is 614 g/mol. The molecule has 1 aromatic heterocycles. The lowest BCUT2D eigenvalue weighted by Gasteiger charge is -2.30. The van der Waals surface area contributed by atoms with Gasteiger partial charge >= 0.3 is 24.1 Å². The molecule has 1 aliphatic heterocycles. The van der Waals surface area contributed by atoms with Crippen molar-refractivity contribution in [3.63, 3.8) is 0 Å². The lowest BCUT2D eigenvalue weighted by molar-refractivity contribution is -0.165. The number of imidazole rings is 1. The van der Waals surface area contributed by atoms with E-state index in [-0.39, 0.29) is 43.7 Å². The van der Waals surface area contributed by atoms with Gasteiger partial charge in [0, 0.05) is 31.6 Å². The highest BCUT2D eigenvalue weighted by molar-refractivity contribution is 5.89. The van der Waals surface area contributed by atoms with Crippen molar-refractivity contribution in [3.8, 4) is 0 Å². The van der Waals surface area contributed by atoms with Crippen molar-refractivity contribution in [2.45, 2.75) is 50.4 Å². The van der Waals surface area contributed by atoms with Gasteiger partial charge in [-0.15, -0.1) is 0 Å². The second kappa shape index (κ2) is 13.6. The fourth-order valence-corrected chi connectivity index (χ4v) is 3.76. The van der Waals surface area contributed by atoms with Gasteiger partial charge in [0.25, 0.3) is 0 Å². The molecule has 1 aliphatic rings. The number of halogens is 6. The number of alkyl halides is 3. The molecule has 13 nitrogen and oxygen atoms in total. The summed E-state index contributed by atoms with van der Waals surface area (Å²) in [6, 6.07) is 0.0485. The quantitative estimate of drug-likeness (QED) is 0.155. The Labute approximate surface area is 231 Å². The smallest absolute Gasteiger partial charge is 0.449 e. The largest absolute Gasteiger partial charge is 0.479 e. The Bertz CT molecular complexity index is 1330. The zero-order chi connectivity index (χ0) is 32.1. The summed E-state index contributed by atoms with van der Waals surface area (Å²) in [7, 11) is 0.990. The average molecular weight is 614 g/mol. The van der Waals surface area contributed by atoms with E-state index < -0.39 is 77.2 Å². The lowest BCUT2D eigenvalue weighted by Crippen LogP contribution is -2.42. The number of amides is 1. The minimum atomic E-state index is -4.82. The van der Waals surface area contributed by atoms with Crippen molar-refractivity contribution in [2.75, 3.05) is 13.7 Å².